The van der Waals surface area contributed by atoms with Crippen LogP contribution in [0.15, 0.2) is 12.7 Å². The number of carbonyl (C=O) groups is 1. The van der Waals surface area contributed by atoms with Crippen molar-refractivity contribution in [2.75, 3.05) is 0 Å². The Kier molecular flexibility index (Phi) is 9.29. The van der Waals surface area contributed by atoms with Crippen molar-refractivity contribution >= 4 is 4.00 Å². The Balaban J connectivity index is 0. The first-order chi connectivity index (χ1) is 2.27. The van der Waals surface area contributed by atoms with E-state index >= 15 is 0 Å². The molecular weight excluding hydrogens is 208 g/mol. The topological polar surface area (TPSA) is 17.1 Å². The Bertz CT molecular complexity index is 61.8. The molecule has 0 heterocycles. The van der Waals surface area contributed by atoms with Gasteiger partial charge in [-0.1, -0.05) is 0 Å². The molecule has 1 radical (unpaired) electrons. The molecule has 0 aliphatic heterocycles. The first-order valence-corrected chi connectivity index (χ1v) is 2.22. The van der Waals surface area contributed by atoms with Crippen molar-refractivity contribution in [2.45, 2.75) is 0 Å². The van der Waals surface area contributed by atoms with Crippen molar-refractivity contribution in [3.05, 3.63) is 12.7 Å². The van der Waals surface area contributed by atoms with Gasteiger partial charge in [0.25, 0.3) is 0 Å². The summed E-state index contributed by atoms with van der Waals surface area (Å²) in [5, 5.41) is 0. The van der Waals surface area contributed by atoms with Crippen LogP contribution in [0, 0.1) is 0 Å². The van der Waals surface area contributed by atoms with Crippen LogP contribution in [0.25, 0.3) is 0 Å². The minimum atomic E-state index is 0. The maximum Gasteiger partial charge on any atom is 0 e. The maximum atomic E-state index is 9.72. The number of hydrogen-bond acceptors (Lipinski definition) is 1. The Hall–Kier alpha value is 0.670. The summed E-state index contributed by atoms with van der Waals surface area (Å²) in [5.74, 6) is 0. The Morgan fingerprint density at radius 3 is 2.00 bits per heavy atom. The van der Waals surface area contributed by atoms with E-state index in [1.165, 1.54) is 6.08 Å². The zero-order chi connectivity index (χ0) is 4.28. The largest absolute Gasteiger partial charge is 0 e. The molecule has 3 heteroatoms. The molecule has 0 spiro atoms. The average molecular weight is 212 g/mol. The van der Waals surface area contributed by atoms with E-state index in [4.69, 9.17) is 0 Å². The van der Waals surface area contributed by atoms with Gasteiger partial charge in [0.1, 0.15) is 0 Å². The van der Waals surface area contributed by atoms with Gasteiger partial charge >= 0.3 is 42.5 Å². The number of hydrogen-bond donors (Lipinski definition) is 0. The SMILES string of the molecule is C=C[C](=O)[Nb].[Cu]. The second-order valence-electron chi connectivity index (χ2n) is 0.542. The fourth-order valence-electron chi connectivity index (χ4n) is 0. The second-order valence-corrected chi connectivity index (χ2v) is 1.63. The van der Waals surface area contributed by atoms with Gasteiger partial charge in [-0.05, 0) is 0 Å². The third-order valence-corrected chi connectivity index (χ3v) is 0.623. The van der Waals surface area contributed by atoms with Gasteiger partial charge in [0.2, 0.25) is 0 Å². The van der Waals surface area contributed by atoms with Crippen molar-refractivity contribution in [1.82, 2.24) is 0 Å². The van der Waals surface area contributed by atoms with Crippen LogP contribution < -0.4 is 0 Å². The summed E-state index contributed by atoms with van der Waals surface area (Å²) in [5.41, 5.74) is 0. The molecule has 1 nitrogen and oxygen atoms in total. The zero-order valence-electron chi connectivity index (χ0n) is 2.94. The molecule has 0 N–H and O–H groups in total. The normalized spacial score (nSPS) is 5.33. The first-order valence-electron chi connectivity index (χ1n) is 1.12. The summed E-state index contributed by atoms with van der Waals surface area (Å²) in [4.78, 5) is 9.72. The molecule has 0 bridgehead atoms. The van der Waals surface area contributed by atoms with E-state index in [0.717, 1.165) is 21.1 Å². The molecule has 0 aromatic rings. The minimum absolute atomic E-state index is 0. The van der Waals surface area contributed by atoms with E-state index in [9.17, 15) is 4.79 Å². The maximum absolute atomic E-state index is 9.72. The van der Waals surface area contributed by atoms with Gasteiger partial charge in [0, 0.05) is 17.1 Å². The van der Waals surface area contributed by atoms with Gasteiger partial charge in [-0.25, -0.2) is 0 Å². The van der Waals surface area contributed by atoms with E-state index < -0.39 is 0 Å². The predicted octanol–water partition coefficient (Wildman–Crippen LogP) is 0.243. The minimum Gasteiger partial charge on any atom is 0 e. The molecule has 0 rings (SSSR count). The molecule has 0 aliphatic carbocycles. The predicted molar refractivity (Wildman–Crippen MR) is 15.2 cm³/mol. The molecule has 0 fully saturated rings. The second kappa shape index (κ2) is 5.67. The summed E-state index contributed by atoms with van der Waals surface area (Å²) >= 11 is 1.16. The fourth-order valence-corrected chi connectivity index (χ4v) is 0. The molecule has 0 atom stereocenters. The third kappa shape index (κ3) is 8.82. The quantitative estimate of drug-likeness (QED) is 0.449. The van der Waals surface area contributed by atoms with Crippen molar-refractivity contribution in [1.29, 1.82) is 0 Å². The zero-order valence-corrected chi connectivity index (χ0v) is 6.08. The van der Waals surface area contributed by atoms with E-state index in [-0.39, 0.29) is 21.1 Å². The summed E-state index contributed by atoms with van der Waals surface area (Å²) in [6, 6.07) is 0. The number of rotatable bonds is 1. The average Bonchev–Trinajstić information content (AvgIpc) is 1.38. The molecule has 37 valence electrons. The van der Waals surface area contributed by atoms with Crippen LogP contribution in [0.5, 0.6) is 0 Å². The Morgan fingerprint density at radius 2 is 2.00 bits per heavy atom. The molecule has 0 aliphatic rings. The smallest absolute Gasteiger partial charge is 0 e. The number of allylic oxidation sites excluding steroid dienone is 1. The van der Waals surface area contributed by atoms with Gasteiger partial charge in [-0.2, -0.15) is 0 Å². The van der Waals surface area contributed by atoms with Gasteiger partial charge in [0.05, 0.1) is 0 Å². The van der Waals surface area contributed by atoms with Crippen molar-refractivity contribution in [3.63, 3.8) is 0 Å². The summed E-state index contributed by atoms with van der Waals surface area (Å²) in [6.45, 7) is 3.22. The molecule has 0 aromatic heterocycles. The van der Waals surface area contributed by atoms with Gasteiger partial charge in [-0.15, -0.1) is 0 Å². The van der Waals surface area contributed by atoms with Crippen LogP contribution in [-0.2, 0) is 42.9 Å². The first kappa shape index (κ1) is 9.83. The van der Waals surface area contributed by atoms with Crippen molar-refractivity contribution in [3.8, 4) is 0 Å². The fraction of sp³-hybridized carbons (Fsp3) is 0. The van der Waals surface area contributed by atoms with Gasteiger partial charge in [0.15, 0.2) is 0 Å². The molecule has 0 unspecified atom stereocenters. The molecule has 0 saturated carbocycles. The molecule has 6 heavy (non-hydrogen) atoms. The van der Waals surface area contributed by atoms with Crippen LogP contribution in [-0.4, -0.2) is 4.00 Å². The molecule has 0 amide bonds. The number of carbonyl (C=O) groups excluding carboxylic acids is 1. The van der Waals surface area contributed by atoms with Crippen LogP contribution in [0.2, 0.25) is 0 Å². The third-order valence-electron chi connectivity index (χ3n) is 0.175. The summed E-state index contributed by atoms with van der Waals surface area (Å²) < 4.78 is 0.0685. The van der Waals surface area contributed by atoms with E-state index in [0.29, 0.717) is 0 Å². The molecule has 0 aromatic carbocycles. The van der Waals surface area contributed by atoms with E-state index in [2.05, 4.69) is 6.58 Å². The molecular formula is C3H3CuNbO. The van der Waals surface area contributed by atoms with Gasteiger partial charge in [-0.3, -0.25) is 0 Å². The monoisotopic (exact) mass is 211 g/mol. The van der Waals surface area contributed by atoms with Crippen molar-refractivity contribution < 1.29 is 42.9 Å². The van der Waals surface area contributed by atoms with Crippen LogP contribution in [0.3, 0.4) is 0 Å². The van der Waals surface area contributed by atoms with E-state index in [1.54, 1.807) is 0 Å². The standard InChI is InChI=1S/C3H3O.Cu.Nb/c1-2-3-4;;/h2H,1H2;;. The summed E-state index contributed by atoms with van der Waals surface area (Å²) in [6.07, 6.45) is 1.30. The Labute approximate surface area is 59.6 Å². The van der Waals surface area contributed by atoms with E-state index in [1.807, 2.05) is 0 Å². The van der Waals surface area contributed by atoms with Crippen molar-refractivity contribution in [2.24, 2.45) is 0 Å². The van der Waals surface area contributed by atoms with Crippen LogP contribution in [0.4, 0.5) is 0 Å². The van der Waals surface area contributed by atoms with Crippen LogP contribution in [0.1, 0.15) is 0 Å². The summed E-state index contributed by atoms with van der Waals surface area (Å²) in [7, 11) is 0. The molecule has 0 saturated heterocycles. The Morgan fingerprint density at radius 1 is 1.83 bits per heavy atom. The van der Waals surface area contributed by atoms with Gasteiger partial charge < -0.3 is 0 Å². The van der Waals surface area contributed by atoms with Crippen LogP contribution >= 0.6 is 0 Å².